The molecule has 0 saturated carbocycles. The first-order valence-electron chi connectivity index (χ1n) is 9.76. The predicted octanol–water partition coefficient (Wildman–Crippen LogP) is 3.10. The number of carboxylic acids is 2. The minimum absolute atomic E-state index is 0.0949. The molecule has 1 aromatic carbocycles. The van der Waals surface area contributed by atoms with Gasteiger partial charge >= 0.3 is 24.3 Å². The Morgan fingerprint density at radius 3 is 2.03 bits per heavy atom. The Balaban J connectivity index is 0.000000343. The van der Waals surface area contributed by atoms with Crippen LogP contribution in [0.15, 0.2) is 24.3 Å². The van der Waals surface area contributed by atoms with Crippen molar-refractivity contribution in [1.29, 1.82) is 0 Å². The van der Waals surface area contributed by atoms with E-state index in [0.717, 1.165) is 38.4 Å². The standard InChI is InChI=1S/C16H23FN2O.2C2HF3O2/c1-18(2)10-16-11-19(8-14(16)9-20-12-16)7-13-5-3-4-6-15(13)17;2*3-2(4,5)1(6)7/h3-6,14H,7-12H2,1-2H3;2*(H,6,7)/t14-,16+;;/m1../s1. The number of ether oxygens (including phenoxy) is 1. The van der Waals surface area contributed by atoms with E-state index in [9.17, 15) is 30.7 Å². The predicted molar refractivity (Wildman–Crippen MR) is 104 cm³/mol. The Morgan fingerprint density at radius 2 is 1.59 bits per heavy atom. The fourth-order valence-corrected chi connectivity index (χ4v) is 3.78. The van der Waals surface area contributed by atoms with Crippen LogP contribution < -0.4 is 0 Å². The number of aliphatic carboxylic acids is 2. The molecule has 2 N–H and O–H groups in total. The summed E-state index contributed by atoms with van der Waals surface area (Å²) in [5.74, 6) is -5.03. The SMILES string of the molecule is CN(C)C[C@]12COC[C@H]1CN(Cc1ccccc1F)C2.O=C(O)C(F)(F)F.O=C(O)C(F)(F)F. The van der Waals surface area contributed by atoms with E-state index in [1.165, 1.54) is 0 Å². The van der Waals surface area contributed by atoms with Gasteiger partial charge in [-0.25, -0.2) is 14.0 Å². The molecule has 1 aromatic rings. The molecule has 0 aliphatic carbocycles. The van der Waals surface area contributed by atoms with E-state index < -0.39 is 24.3 Å². The summed E-state index contributed by atoms with van der Waals surface area (Å²) < 4.78 is 83.0. The number of carbonyl (C=O) groups is 2. The fourth-order valence-electron chi connectivity index (χ4n) is 3.78. The van der Waals surface area contributed by atoms with Gasteiger partial charge in [-0.3, -0.25) is 4.90 Å². The highest BCUT2D eigenvalue weighted by atomic mass is 19.4. The Hall–Kier alpha value is -2.45. The molecule has 2 aliphatic rings. The third kappa shape index (κ3) is 9.06. The van der Waals surface area contributed by atoms with Crippen molar-refractivity contribution in [3.63, 3.8) is 0 Å². The second kappa shape index (κ2) is 11.8. The number of hydrogen-bond acceptors (Lipinski definition) is 5. The van der Waals surface area contributed by atoms with Crippen LogP contribution in [-0.4, -0.2) is 91.2 Å². The van der Waals surface area contributed by atoms with Crippen LogP contribution in [0.4, 0.5) is 30.7 Å². The Kier molecular flexibility index (Phi) is 10.3. The number of benzene rings is 1. The molecule has 3 rings (SSSR count). The van der Waals surface area contributed by atoms with Crippen LogP contribution in [-0.2, 0) is 20.9 Å². The van der Waals surface area contributed by atoms with Crippen molar-refractivity contribution in [1.82, 2.24) is 9.80 Å². The van der Waals surface area contributed by atoms with Gasteiger partial charge in [-0.15, -0.1) is 0 Å². The van der Waals surface area contributed by atoms with E-state index >= 15 is 0 Å². The van der Waals surface area contributed by atoms with Crippen molar-refractivity contribution in [2.75, 3.05) is 46.9 Å². The molecular weight excluding hydrogens is 481 g/mol. The third-order valence-corrected chi connectivity index (χ3v) is 5.06. The maximum absolute atomic E-state index is 13.8. The number of hydrogen-bond donors (Lipinski definition) is 2. The van der Waals surface area contributed by atoms with Crippen LogP contribution in [0.1, 0.15) is 5.56 Å². The van der Waals surface area contributed by atoms with Gasteiger partial charge in [-0.1, -0.05) is 18.2 Å². The lowest BCUT2D eigenvalue weighted by Crippen LogP contribution is -2.40. The number of rotatable bonds is 4. The highest BCUT2D eigenvalue weighted by molar-refractivity contribution is 5.73. The maximum Gasteiger partial charge on any atom is 0.490 e. The monoisotopic (exact) mass is 506 g/mol. The molecule has 0 unspecified atom stereocenters. The van der Waals surface area contributed by atoms with Crippen LogP contribution in [0, 0.1) is 17.2 Å². The van der Waals surface area contributed by atoms with E-state index in [-0.39, 0.29) is 11.2 Å². The average molecular weight is 506 g/mol. The van der Waals surface area contributed by atoms with Crippen molar-refractivity contribution in [2.24, 2.45) is 11.3 Å². The van der Waals surface area contributed by atoms with Gasteiger partial charge in [0, 0.05) is 43.1 Å². The van der Waals surface area contributed by atoms with Gasteiger partial charge in [-0.2, -0.15) is 26.3 Å². The molecule has 14 heteroatoms. The minimum atomic E-state index is -5.08. The summed E-state index contributed by atoms with van der Waals surface area (Å²) in [4.78, 5) is 22.4. The number of fused-ring (bicyclic) bond motifs is 1. The van der Waals surface area contributed by atoms with Gasteiger partial charge in [0.25, 0.3) is 0 Å². The summed E-state index contributed by atoms with van der Waals surface area (Å²) in [6.45, 7) is 5.46. The molecular formula is C20H25F7N2O5. The summed E-state index contributed by atoms with van der Waals surface area (Å²) in [6.07, 6.45) is -10.2. The summed E-state index contributed by atoms with van der Waals surface area (Å²) in [5.41, 5.74) is 1.03. The smallest absolute Gasteiger partial charge is 0.475 e. The van der Waals surface area contributed by atoms with Crippen LogP contribution in [0.2, 0.25) is 0 Å². The number of carboxylic acid groups (broad SMARTS) is 2. The highest BCUT2D eigenvalue weighted by Gasteiger charge is 2.50. The van der Waals surface area contributed by atoms with Crippen molar-refractivity contribution >= 4 is 11.9 Å². The largest absolute Gasteiger partial charge is 0.490 e. The minimum Gasteiger partial charge on any atom is -0.475 e. The molecule has 2 atom stereocenters. The first-order valence-corrected chi connectivity index (χ1v) is 9.76. The number of likely N-dealkylation sites (tertiary alicyclic amines) is 1. The second-order valence-electron chi connectivity index (χ2n) is 8.18. The molecule has 2 saturated heterocycles. The number of alkyl halides is 6. The highest BCUT2D eigenvalue weighted by Crippen LogP contribution is 2.42. The van der Waals surface area contributed by atoms with Crippen LogP contribution in [0.3, 0.4) is 0 Å². The lowest BCUT2D eigenvalue weighted by atomic mass is 9.81. The molecule has 0 spiro atoms. The maximum atomic E-state index is 13.8. The molecule has 0 radical (unpaired) electrons. The van der Waals surface area contributed by atoms with Crippen molar-refractivity contribution < 1.29 is 55.3 Å². The first-order chi connectivity index (χ1) is 15.5. The van der Waals surface area contributed by atoms with Crippen LogP contribution >= 0.6 is 0 Å². The van der Waals surface area contributed by atoms with Crippen LogP contribution in [0.5, 0.6) is 0 Å². The summed E-state index contributed by atoms with van der Waals surface area (Å²) in [7, 11) is 4.23. The zero-order valence-corrected chi connectivity index (χ0v) is 18.3. The Bertz CT molecular complexity index is 808. The molecule has 0 aromatic heterocycles. The fraction of sp³-hybridized carbons (Fsp3) is 0.600. The molecule has 34 heavy (non-hydrogen) atoms. The Labute approximate surface area is 190 Å². The van der Waals surface area contributed by atoms with Gasteiger partial charge in [0.1, 0.15) is 5.82 Å². The molecule has 194 valence electrons. The van der Waals surface area contributed by atoms with Gasteiger partial charge in [0.15, 0.2) is 0 Å². The zero-order chi connectivity index (χ0) is 26.3. The first kappa shape index (κ1) is 29.6. The quantitative estimate of drug-likeness (QED) is 0.607. The molecule has 0 bridgehead atoms. The van der Waals surface area contributed by atoms with E-state index in [0.29, 0.717) is 12.5 Å². The van der Waals surface area contributed by atoms with E-state index in [1.807, 2.05) is 12.1 Å². The van der Waals surface area contributed by atoms with Crippen molar-refractivity contribution in [2.45, 2.75) is 18.9 Å². The van der Waals surface area contributed by atoms with Crippen molar-refractivity contribution in [3.05, 3.63) is 35.6 Å². The average Bonchev–Trinajstić information content (AvgIpc) is 3.18. The third-order valence-electron chi connectivity index (χ3n) is 5.06. The van der Waals surface area contributed by atoms with Crippen molar-refractivity contribution in [3.8, 4) is 0 Å². The lowest BCUT2D eigenvalue weighted by Gasteiger charge is -2.30. The van der Waals surface area contributed by atoms with Gasteiger partial charge in [0.05, 0.1) is 13.2 Å². The second-order valence-corrected chi connectivity index (χ2v) is 8.18. The van der Waals surface area contributed by atoms with E-state index in [4.69, 9.17) is 24.5 Å². The van der Waals surface area contributed by atoms with Gasteiger partial charge < -0.3 is 19.8 Å². The Morgan fingerprint density at radius 1 is 1.09 bits per heavy atom. The van der Waals surface area contributed by atoms with Crippen LogP contribution in [0.25, 0.3) is 0 Å². The van der Waals surface area contributed by atoms with Gasteiger partial charge in [-0.05, 0) is 20.2 Å². The number of halogens is 7. The van der Waals surface area contributed by atoms with E-state index in [2.05, 4.69) is 23.9 Å². The molecule has 2 aliphatic heterocycles. The summed E-state index contributed by atoms with van der Waals surface area (Å²) in [5, 5.41) is 14.2. The van der Waals surface area contributed by atoms with E-state index in [1.54, 1.807) is 12.1 Å². The molecule has 0 amide bonds. The lowest BCUT2D eigenvalue weighted by molar-refractivity contribution is -0.193. The normalized spacial score (nSPS) is 22.4. The molecule has 2 fully saturated rings. The molecule has 7 nitrogen and oxygen atoms in total. The zero-order valence-electron chi connectivity index (χ0n) is 18.3. The number of nitrogens with zero attached hydrogens (tertiary/aromatic N) is 2. The van der Waals surface area contributed by atoms with Gasteiger partial charge in [0.2, 0.25) is 0 Å². The topological polar surface area (TPSA) is 90.3 Å². The summed E-state index contributed by atoms with van der Waals surface area (Å²) in [6, 6.07) is 7.09. The molecule has 2 heterocycles. The summed E-state index contributed by atoms with van der Waals surface area (Å²) >= 11 is 0.